The van der Waals surface area contributed by atoms with Crippen molar-refractivity contribution in [2.45, 2.75) is 25.7 Å². The smallest absolute Gasteiger partial charge is 0.273 e. The molecule has 1 saturated heterocycles. The lowest BCUT2D eigenvalue weighted by molar-refractivity contribution is 0.0702. The topological polar surface area (TPSA) is 46.1 Å². The van der Waals surface area contributed by atoms with Crippen molar-refractivity contribution < 1.29 is 4.79 Å². The minimum absolute atomic E-state index is 0.0328. The van der Waals surface area contributed by atoms with Gasteiger partial charge in [-0.2, -0.15) is 0 Å². The summed E-state index contributed by atoms with van der Waals surface area (Å²) in [7, 11) is 0. The molecule has 1 atom stereocenters. The molecule has 0 bridgehead atoms. The number of carbonyl (C=O) groups is 1. The number of hydrogen-bond acceptors (Lipinski definition) is 5. The van der Waals surface area contributed by atoms with Crippen molar-refractivity contribution in [3.8, 4) is 10.6 Å². The van der Waals surface area contributed by atoms with Crippen LogP contribution in [0.25, 0.3) is 20.8 Å². The Morgan fingerprint density at radius 1 is 1.10 bits per heavy atom. The molecule has 146 valence electrons. The van der Waals surface area contributed by atoms with Gasteiger partial charge in [0.25, 0.3) is 5.91 Å². The highest BCUT2D eigenvalue weighted by atomic mass is 32.1. The molecule has 1 aliphatic rings. The Bertz CT molecular complexity index is 1130. The summed E-state index contributed by atoms with van der Waals surface area (Å²) in [6.07, 6.45) is 2.08. The van der Waals surface area contributed by atoms with Crippen LogP contribution in [0.1, 0.15) is 39.8 Å². The minimum Gasteiger partial charge on any atom is -0.337 e. The standard InChI is InChI=1S/C23H21N3OS2/c1-15-8-10-16(11-9-15)21-25-19(14-28-21)23(27)26-12-4-5-17(13-26)22-24-18-6-2-3-7-20(18)29-22/h2-3,6-11,14,17H,4-5,12-13H2,1H3/t17-/m0/s1. The maximum Gasteiger partial charge on any atom is 0.273 e. The summed E-state index contributed by atoms with van der Waals surface area (Å²) >= 11 is 3.29. The van der Waals surface area contributed by atoms with Crippen LogP contribution in [0.2, 0.25) is 0 Å². The number of amides is 1. The summed E-state index contributed by atoms with van der Waals surface area (Å²) in [5, 5.41) is 3.93. The Morgan fingerprint density at radius 3 is 2.76 bits per heavy atom. The van der Waals surface area contributed by atoms with Crippen LogP contribution in [0.5, 0.6) is 0 Å². The molecule has 0 saturated carbocycles. The Balaban J connectivity index is 1.34. The van der Waals surface area contributed by atoms with Crippen molar-refractivity contribution in [1.82, 2.24) is 14.9 Å². The lowest BCUT2D eigenvalue weighted by atomic mass is 9.98. The number of aryl methyl sites for hydroxylation is 1. The molecule has 4 aromatic rings. The molecule has 0 aliphatic carbocycles. The van der Waals surface area contributed by atoms with Gasteiger partial charge in [0.15, 0.2) is 0 Å². The molecule has 2 aromatic heterocycles. The fraction of sp³-hybridized carbons (Fsp3) is 0.261. The summed E-state index contributed by atoms with van der Waals surface area (Å²) in [6.45, 7) is 3.58. The van der Waals surface area contributed by atoms with Crippen molar-refractivity contribution in [3.05, 3.63) is 70.2 Å². The maximum absolute atomic E-state index is 13.1. The molecule has 0 spiro atoms. The first-order chi connectivity index (χ1) is 14.2. The van der Waals surface area contributed by atoms with Crippen LogP contribution in [0.3, 0.4) is 0 Å². The summed E-state index contributed by atoms with van der Waals surface area (Å²) < 4.78 is 1.22. The number of carbonyl (C=O) groups excluding carboxylic acids is 1. The zero-order valence-corrected chi connectivity index (χ0v) is 17.8. The Kier molecular flexibility index (Phi) is 4.89. The molecule has 0 unspecified atom stereocenters. The molecule has 29 heavy (non-hydrogen) atoms. The number of aromatic nitrogens is 2. The van der Waals surface area contributed by atoms with Gasteiger partial charge in [0.05, 0.1) is 15.2 Å². The third-order valence-corrected chi connectivity index (χ3v) is 7.48. The number of para-hydroxylation sites is 1. The molecule has 6 heteroatoms. The van der Waals surface area contributed by atoms with Crippen LogP contribution in [-0.4, -0.2) is 33.9 Å². The molecule has 1 fully saturated rings. The van der Waals surface area contributed by atoms with E-state index in [0.717, 1.165) is 47.0 Å². The highest BCUT2D eigenvalue weighted by Crippen LogP contribution is 2.33. The van der Waals surface area contributed by atoms with E-state index in [1.807, 2.05) is 16.3 Å². The first kappa shape index (κ1) is 18.5. The van der Waals surface area contributed by atoms with Gasteiger partial charge in [0.2, 0.25) is 0 Å². The summed E-state index contributed by atoms with van der Waals surface area (Å²) in [4.78, 5) is 24.5. The molecule has 5 rings (SSSR count). The highest BCUT2D eigenvalue weighted by molar-refractivity contribution is 7.18. The Morgan fingerprint density at radius 2 is 1.93 bits per heavy atom. The van der Waals surface area contributed by atoms with E-state index in [9.17, 15) is 4.79 Å². The van der Waals surface area contributed by atoms with E-state index in [1.165, 1.54) is 21.6 Å². The van der Waals surface area contributed by atoms with Crippen LogP contribution in [0, 0.1) is 6.92 Å². The largest absolute Gasteiger partial charge is 0.337 e. The second-order valence-corrected chi connectivity index (χ2v) is 9.43. The zero-order valence-electron chi connectivity index (χ0n) is 16.2. The number of thiazole rings is 2. The van der Waals surface area contributed by atoms with Crippen molar-refractivity contribution >= 4 is 38.8 Å². The molecule has 0 radical (unpaired) electrons. The van der Waals surface area contributed by atoms with E-state index < -0.39 is 0 Å². The average molecular weight is 420 g/mol. The molecular weight excluding hydrogens is 398 g/mol. The number of benzene rings is 2. The molecular formula is C23H21N3OS2. The van der Waals surface area contributed by atoms with Crippen LogP contribution in [-0.2, 0) is 0 Å². The van der Waals surface area contributed by atoms with Gasteiger partial charge in [-0.3, -0.25) is 4.79 Å². The predicted molar refractivity (Wildman–Crippen MR) is 120 cm³/mol. The number of rotatable bonds is 3. The summed E-state index contributed by atoms with van der Waals surface area (Å²) in [5.74, 6) is 0.339. The summed E-state index contributed by atoms with van der Waals surface area (Å²) in [6, 6.07) is 16.5. The first-order valence-corrected chi connectivity index (χ1v) is 11.5. The number of fused-ring (bicyclic) bond motifs is 1. The van der Waals surface area contributed by atoms with Crippen LogP contribution < -0.4 is 0 Å². The molecule has 1 aliphatic heterocycles. The van der Waals surface area contributed by atoms with E-state index in [0.29, 0.717) is 11.6 Å². The average Bonchev–Trinajstić information content (AvgIpc) is 3.41. The second-order valence-electron chi connectivity index (χ2n) is 7.51. The van der Waals surface area contributed by atoms with Gasteiger partial charge in [-0.05, 0) is 31.9 Å². The van der Waals surface area contributed by atoms with Crippen molar-refractivity contribution in [1.29, 1.82) is 0 Å². The first-order valence-electron chi connectivity index (χ1n) is 9.85. The summed E-state index contributed by atoms with van der Waals surface area (Å²) in [5.41, 5.74) is 3.88. The van der Waals surface area contributed by atoms with E-state index in [-0.39, 0.29) is 5.91 Å². The molecule has 1 amide bonds. The van der Waals surface area contributed by atoms with E-state index in [4.69, 9.17) is 4.98 Å². The van der Waals surface area contributed by atoms with Crippen LogP contribution in [0.15, 0.2) is 53.9 Å². The number of nitrogens with zero attached hydrogens (tertiary/aromatic N) is 3. The lowest BCUT2D eigenvalue weighted by Crippen LogP contribution is -2.39. The zero-order chi connectivity index (χ0) is 19.8. The number of likely N-dealkylation sites (tertiary alicyclic amines) is 1. The third kappa shape index (κ3) is 3.70. The van der Waals surface area contributed by atoms with E-state index >= 15 is 0 Å². The van der Waals surface area contributed by atoms with Crippen LogP contribution in [0.4, 0.5) is 0 Å². The lowest BCUT2D eigenvalue weighted by Gasteiger charge is -2.31. The quantitative estimate of drug-likeness (QED) is 0.425. The minimum atomic E-state index is 0.0328. The van der Waals surface area contributed by atoms with Crippen LogP contribution >= 0.6 is 22.7 Å². The van der Waals surface area contributed by atoms with Crippen molar-refractivity contribution in [2.75, 3.05) is 13.1 Å². The van der Waals surface area contributed by atoms with Crippen molar-refractivity contribution in [3.63, 3.8) is 0 Å². The fourth-order valence-electron chi connectivity index (χ4n) is 3.79. The van der Waals surface area contributed by atoms with Gasteiger partial charge in [-0.25, -0.2) is 9.97 Å². The third-order valence-electron chi connectivity index (χ3n) is 5.39. The molecule has 3 heterocycles. The maximum atomic E-state index is 13.1. The van der Waals surface area contributed by atoms with Gasteiger partial charge in [-0.1, -0.05) is 42.0 Å². The fourth-order valence-corrected chi connectivity index (χ4v) is 5.68. The van der Waals surface area contributed by atoms with Gasteiger partial charge >= 0.3 is 0 Å². The number of hydrogen-bond donors (Lipinski definition) is 0. The van der Waals surface area contributed by atoms with Gasteiger partial charge < -0.3 is 4.90 Å². The van der Waals surface area contributed by atoms with Crippen molar-refractivity contribution in [2.24, 2.45) is 0 Å². The Labute approximate surface area is 177 Å². The normalized spacial score (nSPS) is 17.0. The molecule has 4 nitrogen and oxygen atoms in total. The highest BCUT2D eigenvalue weighted by Gasteiger charge is 2.28. The van der Waals surface area contributed by atoms with Gasteiger partial charge in [-0.15, -0.1) is 22.7 Å². The van der Waals surface area contributed by atoms with E-state index in [2.05, 4.69) is 54.4 Å². The van der Waals surface area contributed by atoms with Gasteiger partial charge in [0, 0.05) is 30.0 Å². The Hall–Kier alpha value is -2.57. The second kappa shape index (κ2) is 7.69. The predicted octanol–water partition coefficient (Wildman–Crippen LogP) is 5.75. The van der Waals surface area contributed by atoms with Gasteiger partial charge in [0.1, 0.15) is 10.7 Å². The number of piperidine rings is 1. The monoisotopic (exact) mass is 419 g/mol. The van der Waals surface area contributed by atoms with E-state index in [1.54, 1.807) is 11.3 Å². The SMILES string of the molecule is Cc1ccc(-c2nc(C(=O)N3CCC[C@H](c4nc5ccccc5s4)C3)cs2)cc1. The molecule has 0 N–H and O–H groups in total. The molecule has 2 aromatic carbocycles.